The molecule has 0 aliphatic carbocycles. The summed E-state index contributed by atoms with van der Waals surface area (Å²) in [5.41, 5.74) is 2.04. The van der Waals surface area contributed by atoms with Gasteiger partial charge in [-0.3, -0.25) is 10.1 Å². The van der Waals surface area contributed by atoms with E-state index in [0.29, 0.717) is 0 Å². The number of nitro benzene ring substituents is 1. The number of nitrogen functional groups attached to an aromatic ring is 1. The zero-order valence-corrected chi connectivity index (χ0v) is 11.5. The molecule has 0 spiro atoms. The Kier molecular flexibility index (Phi) is 4.36. The van der Waals surface area contributed by atoms with Crippen LogP contribution in [-0.4, -0.2) is 22.0 Å². The average molecular weight is 312 g/mol. The summed E-state index contributed by atoms with van der Waals surface area (Å²) in [5, 5.41) is 11.3. The number of nitrogens with one attached hydrogen (secondary N) is 1. The van der Waals surface area contributed by atoms with E-state index in [1.807, 2.05) is 0 Å². The third-order valence-corrected chi connectivity index (χ3v) is 2.67. The van der Waals surface area contributed by atoms with Crippen LogP contribution in [-0.2, 0) is 0 Å². The summed E-state index contributed by atoms with van der Waals surface area (Å²) in [5.74, 6) is 5.45. The Morgan fingerprint density at radius 1 is 1.43 bits per heavy atom. The van der Waals surface area contributed by atoms with Gasteiger partial charge in [0.25, 0.3) is 5.88 Å². The molecule has 0 atom stereocenters. The third kappa shape index (κ3) is 3.09. The van der Waals surface area contributed by atoms with Gasteiger partial charge in [0.2, 0.25) is 11.5 Å². The Morgan fingerprint density at radius 2 is 2.19 bits per heavy atom. The number of hydrogen-bond acceptors (Lipinski definition) is 8. The van der Waals surface area contributed by atoms with Crippen molar-refractivity contribution in [1.82, 2.24) is 9.97 Å². The zero-order valence-electron chi connectivity index (χ0n) is 10.7. The van der Waals surface area contributed by atoms with Crippen LogP contribution in [0.5, 0.6) is 17.4 Å². The molecule has 0 amide bonds. The maximum atomic E-state index is 11.0. The van der Waals surface area contributed by atoms with Crippen LogP contribution in [0.3, 0.4) is 0 Å². The number of methoxy groups -OCH3 is 1. The van der Waals surface area contributed by atoms with Gasteiger partial charge in [-0.25, -0.2) is 10.8 Å². The fraction of sp³-hybridized carbons (Fsp3) is 0.0909. The molecule has 2 rings (SSSR count). The number of anilines is 1. The average Bonchev–Trinajstić information content (AvgIpc) is 2.46. The molecule has 0 fully saturated rings. The molecule has 0 saturated carbocycles. The highest BCUT2D eigenvalue weighted by Crippen LogP contribution is 2.38. The maximum absolute atomic E-state index is 11.0. The van der Waals surface area contributed by atoms with E-state index in [-0.39, 0.29) is 33.9 Å². The largest absolute Gasteiger partial charge is 0.489 e. The molecule has 0 bridgehead atoms. The summed E-state index contributed by atoms with van der Waals surface area (Å²) < 4.78 is 10.5. The van der Waals surface area contributed by atoms with Gasteiger partial charge in [0.1, 0.15) is 6.33 Å². The number of ether oxygens (including phenoxy) is 2. The second kappa shape index (κ2) is 6.20. The number of nitrogens with two attached hydrogens (primary N) is 1. The molecule has 0 unspecified atom stereocenters. The van der Waals surface area contributed by atoms with Crippen molar-refractivity contribution < 1.29 is 14.4 Å². The van der Waals surface area contributed by atoms with Crippen molar-refractivity contribution in [3.63, 3.8) is 0 Å². The molecule has 3 N–H and O–H groups in total. The number of benzene rings is 1. The van der Waals surface area contributed by atoms with Crippen LogP contribution in [0.2, 0.25) is 5.02 Å². The van der Waals surface area contributed by atoms with Crippen molar-refractivity contribution in [2.45, 2.75) is 0 Å². The van der Waals surface area contributed by atoms with Gasteiger partial charge in [-0.1, -0.05) is 11.6 Å². The smallest absolute Gasteiger partial charge is 0.311 e. The van der Waals surface area contributed by atoms with Crippen LogP contribution in [0.4, 0.5) is 11.5 Å². The van der Waals surface area contributed by atoms with E-state index < -0.39 is 4.92 Å². The van der Waals surface area contributed by atoms with Crippen LogP contribution < -0.4 is 20.7 Å². The first-order valence-electron chi connectivity index (χ1n) is 5.54. The molecule has 0 radical (unpaired) electrons. The number of rotatable bonds is 5. The lowest BCUT2D eigenvalue weighted by molar-refractivity contribution is -0.385. The van der Waals surface area contributed by atoms with Gasteiger partial charge in [-0.15, -0.1) is 0 Å². The predicted molar refractivity (Wildman–Crippen MR) is 74.6 cm³/mol. The SMILES string of the molecule is COc1c(NN)ncnc1Oc1cc(Cl)ccc1[N+](=O)[O-]. The van der Waals surface area contributed by atoms with E-state index in [4.69, 9.17) is 26.9 Å². The topological polar surface area (TPSA) is 125 Å². The lowest BCUT2D eigenvalue weighted by Crippen LogP contribution is -2.11. The molecule has 10 heteroatoms. The second-order valence-corrected chi connectivity index (χ2v) is 4.11. The van der Waals surface area contributed by atoms with E-state index in [2.05, 4.69) is 15.4 Å². The third-order valence-electron chi connectivity index (χ3n) is 2.44. The summed E-state index contributed by atoms with van der Waals surface area (Å²) in [6, 6.07) is 3.92. The van der Waals surface area contributed by atoms with Crippen LogP contribution in [0.1, 0.15) is 0 Å². The Bertz CT molecular complexity index is 682. The summed E-state index contributed by atoms with van der Waals surface area (Å²) in [7, 11) is 1.36. The van der Waals surface area contributed by atoms with Crippen molar-refractivity contribution in [3.8, 4) is 17.4 Å². The fourth-order valence-electron chi connectivity index (χ4n) is 1.54. The first-order valence-corrected chi connectivity index (χ1v) is 5.92. The number of nitro groups is 1. The van der Waals surface area contributed by atoms with Crippen LogP contribution in [0.25, 0.3) is 0 Å². The lowest BCUT2D eigenvalue weighted by Gasteiger charge is -2.11. The standard InChI is InChI=1S/C11H10ClN5O4/c1-20-9-10(16-13)14-5-15-11(9)21-8-4-6(12)2-3-7(8)17(18)19/h2-5H,13H2,1H3,(H,14,15,16). The minimum Gasteiger partial charge on any atom is -0.489 e. The van der Waals surface area contributed by atoms with Gasteiger partial charge in [0, 0.05) is 17.2 Å². The first-order chi connectivity index (χ1) is 10.1. The van der Waals surface area contributed by atoms with Crippen LogP contribution >= 0.6 is 11.6 Å². The van der Waals surface area contributed by atoms with Crippen LogP contribution in [0.15, 0.2) is 24.5 Å². The van der Waals surface area contributed by atoms with Gasteiger partial charge in [-0.05, 0) is 6.07 Å². The Balaban J connectivity index is 2.47. The van der Waals surface area contributed by atoms with Crippen LogP contribution in [0, 0.1) is 10.1 Å². The zero-order chi connectivity index (χ0) is 15.4. The minimum absolute atomic E-state index is 0.0363. The molecule has 110 valence electrons. The molecule has 0 aliphatic rings. The van der Waals surface area contributed by atoms with Crippen molar-refractivity contribution in [2.75, 3.05) is 12.5 Å². The van der Waals surface area contributed by atoms with E-state index in [9.17, 15) is 10.1 Å². The number of hydrogen-bond donors (Lipinski definition) is 2. The molecule has 1 aromatic carbocycles. The number of aromatic nitrogens is 2. The van der Waals surface area contributed by atoms with E-state index in [1.54, 1.807) is 0 Å². The molecule has 2 aromatic rings. The molecule has 1 aromatic heterocycles. The van der Waals surface area contributed by atoms with Crippen molar-refractivity contribution >= 4 is 23.1 Å². The highest BCUT2D eigenvalue weighted by molar-refractivity contribution is 6.30. The molecule has 21 heavy (non-hydrogen) atoms. The lowest BCUT2D eigenvalue weighted by atomic mass is 10.3. The molecule has 9 nitrogen and oxygen atoms in total. The highest BCUT2D eigenvalue weighted by atomic mass is 35.5. The monoisotopic (exact) mass is 311 g/mol. The van der Waals surface area contributed by atoms with Crippen molar-refractivity contribution in [2.24, 2.45) is 5.84 Å². The molecular weight excluding hydrogens is 302 g/mol. The molecule has 0 saturated heterocycles. The van der Waals surface area contributed by atoms with Gasteiger partial charge in [-0.2, -0.15) is 4.98 Å². The number of hydrazine groups is 1. The summed E-state index contributed by atoms with van der Waals surface area (Å²) in [4.78, 5) is 18.1. The van der Waals surface area contributed by atoms with E-state index >= 15 is 0 Å². The molecule has 0 aliphatic heterocycles. The molecule has 1 heterocycles. The summed E-state index contributed by atoms with van der Waals surface area (Å²) >= 11 is 5.82. The Labute approximate surface area is 123 Å². The minimum atomic E-state index is -0.596. The Hall–Kier alpha value is -2.65. The maximum Gasteiger partial charge on any atom is 0.311 e. The normalized spacial score (nSPS) is 10.0. The summed E-state index contributed by atoms with van der Waals surface area (Å²) in [6.07, 6.45) is 1.17. The quantitative estimate of drug-likeness (QED) is 0.488. The number of nitrogens with zero attached hydrogens (tertiary/aromatic N) is 3. The summed E-state index contributed by atoms with van der Waals surface area (Å²) in [6.45, 7) is 0. The first kappa shape index (κ1) is 14.8. The van der Waals surface area contributed by atoms with Crippen molar-refractivity contribution in [3.05, 3.63) is 39.7 Å². The van der Waals surface area contributed by atoms with Gasteiger partial charge in [0.05, 0.1) is 12.0 Å². The van der Waals surface area contributed by atoms with E-state index in [1.165, 1.54) is 31.6 Å². The fourth-order valence-corrected chi connectivity index (χ4v) is 1.70. The van der Waals surface area contributed by atoms with E-state index in [0.717, 1.165) is 0 Å². The highest BCUT2D eigenvalue weighted by Gasteiger charge is 2.20. The van der Waals surface area contributed by atoms with Crippen molar-refractivity contribution in [1.29, 1.82) is 0 Å². The van der Waals surface area contributed by atoms with Gasteiger partial charge < -0.3 is 14.9 Å². The van der Waals surface area contributed by atoms with Gasteiger partial charge >= 0.3 is 5.69 Å². The number of halogens is 1. The second-order valence-electron chi connectivity index (χ2n) is 3.68. The Morgan fingerprint density at radius 3 is 2.81 bits per heavy atom. The van der Waals surface area contributed by atoms with Gasteiger partial charge in [0.15, 0.2) is 5.82 Å². The molecular formula is C11H10ClN5O4. The predicted octanol–water partition coefficient (Wildman–Crippen LogP) is 2.12.